The van der Waals surface area contributed by atoms with E-state index < -0.39 is 0 Å². The molecular formula is C16H20N2O3. The lowest BCUT2D eigenvalue weighted by Gasteiger charge is -2.24. The van der Waals surface area contributed by atoms with Crippen molar-refractivity contribution in [3.05, 3.63) is 23.8 Å². The highest BCUT2D eigenvalue weighted by Gasteiger charge is 2.42. The number of hydrogen-bond acceptors (Lipinski definition) is 4. The second kappa shape index (κ2) is 4.91. The average Bonchev–Trinajstić information content (AvgIpc) is 3.05. The minimum absolute atomic E-state index is 0.0326. The highest BCUT2D eigenvalue weighted by atomic mass is 16.6. The van der Waals surface area contributed by atoms with E-state index in [0.717, 1.165) is 44.0 Å². The van der Waals surface area contributed by atoms with E-state index in [1.807, 2.05) is 6.07 Å². The summed E-state index contributed by atoms with van der Waals surface area (Å²) in [6.07, 6.45) is 2.71. The third-order valence-electron chi connectivity index (χ3n) is 4.68. The number of rotatable bonds is 2. The predicted octanol–water partition coefficient (Wildman–Crippen LogP) is 1.31. The van der Waals surface area contributed by atoms with Gasteiger partial charge in [0.2, 0.25) is 5.91 Å². The second-order valence-corrected chi connectivity index (χ2v) is 6.27. The summed E-state index contributed by atoms with van der Waals surface area (Å²) < 4.78 is 11.2. The van der Waals surface area contributed by atoms with E-state index in [9.17, 15) is 4.79 Å². The van der Waals surface area contributed by atoms with Gasteiger partial charge in [0, 0.05) is 26.1 Å². The fourth-order valence-corrected chi connectivity index (χ4v) is 3.62. The van der Waals surface area contributed by atoms with E-state index in [1.165, 1.54) is 5.56 Å². The lowest BCUT2D eigenvalue weighted by molar-refractivity contribution is -0.119. The number of nitrogens with zero attached hydrogens (tertiary/aromatic N) is 1. The number of benzene rings is 1. The van der Waals surface area contributed by atoms with Gasteiger partial charge < -0.3 is 14.8 Å². The van der Waals surface area contributed by atoms with Crippen molar-refractivity contribution in [1.29, 1.82) is 0 Å². The number of ether oxygens (including phenoxy) is 2. The van der Waals surface area contributed by atoms with E-state index >= 15 is 0 Å². The second-order valence-electron chi connectivity index (χ2n) is 6.27. The van der Waals surface area contributed by atoms with Gasteiger partial charge in [0.05, 0.1) is 5.54 Å². The molecule has 0 radical (unpaired) electrons. The van der Waals surface area contributed by atoms with E-state index in [1.54, 1.807) is 0 Å². The Morgan fingerprint density at radius 2 is 2.05 bits per heavy atom. The summed E-state index contributed by atoms with van der Waals surface area (Å²) in [6, 6.07) is 6.17. The maximum atomic E-state index is 11.5. The van der Waals surface area contributed by atoms with Crippen molar-refractivity contribution in [3.8, 4) is 11.5 Å². The molecule has 3 aliphatic heterocycles. The number of fused-ring (bicyclic) bond motifs is 1. The molecule has 3 aliphatic rings. The van der Waals surface area contributed by atoms with Gasteiger partial charge >= 0.3 is 0 Å². The summed E-state index contributed by atoms with van der Waals surface area (Å²) in [5.41, 5.74) is 1.27. The first-order valence-electron chi connectivity index (χ1n) is 7.64. The van der Waals surface area contributed by atoms with Crippen molar-refractivity contribution < 1.29 is 14.3 Å². The molecule has 4 rings (SSSR count). The largest absolute Gasteiger partial charge is 0.486 e. The maximum Gasteiger partial charge on any atom is 0.220 e. The molecule has 5 nitrogen and oxygen atoms in total. The molecule has 0 aliphatic carbocycles. The van der Waals surface area contributed by atoms with E-state index in [2.05, 4.69) is 22.3 Å². The van der Waals surface area contributed by atoms with Gasteiger partial charge in [-0.05, 0) is 30.5 Å². The molecule has 21 heavy (non-hydrogen) atoms. The molecule has 1 aromatic carbocycles. The monoisotopic (exact) mass is 288 g/mol. The molecule has 1 unspecified atom stereocenters. The van der Waals surface area contributed by atoms with Crippen LogP contribution in [0.5, 0.6) is 11.5 Å². The van der Waals surface area contributed by atoms with Crippen LogP contribution in [0, 0.1) is 0 Å². The molecule has 0 saturated carbocycles. The number of likely N-dealkylation sites (tertiary alicyclic amines) is 1. The Labute approximate surface area is 124 Å². The Morgan fingerprint density at radius 3 is 2.86 bits per heavy atom. The zero-order chi connectivity index (χ0) is 14.3. The Bertz CT molecular complexity index is 575. The molecule has 1 aromatic rings. The minimum atomic E-state index is 0.0326. The molecular weight excluding hydrogens is 268 g/mol. The number of carbonyl (C=O) groups excluding carboxylic acids is 1. The van der Waals surface area contributed by atoms with Gasteiger partial charge in [-0.2, -0.15) is 0 Å². The molecule has 1 spiro atoms. The van der Waals surface area contributed by atoms with E-state index in [-0.39, 0.29) is 11.4 Å². The van der Waals surface area contributed by atoms with Crippen molar-refractivity contribution >= 4 is 5.91 Å². The topological polar surface area (TPSA) is 50.8 Å². The smallest absolute Gasteiger partial charge is 0.220 e. The zero-order valence-corrected chi connectivity index (χ0v) is 12.1. The molecule has 3 heterocycles. The predicted molar refractivity (Wildman–Crippen MR) is 77.4 cm³/mol. The lowest BCUT2D eigenvalue weighted by atomic mass is 9.97. The van der Waals surface area contributed by atoms with Gasteiger partial charge in [-0.3, -0.25) is 9.69 Å². The lowest BCUT2D eigenvalue weighted by Crippen LogP contribution is -2.43. The summed E-state index contributed by atoms with van der Waals surface area (Å²) in [6.45, 7) is 4.13. The first kappa shape index (κ1) is 13.0. The van der Waals surface area contributed by atoms with Gasteiger partial charge in [-0.1, -0.05) is 6.07 Å². The van der Waals surface area contributed by atoms with Crippen LogP contribution in [0.15, 0.2) is 18.2 Å². The van der Waals surface area contributed by atoms with Gasteiger partial charge in [0.15, 0.2) is 11.5 Å². The summed E-state index contributed by atoms with van der Waals surface area (Å²) in [7, 11) is 0. The Kier molecular flexibility index (Phi) is 3.03. The van der Waals surface area contributed by atoms with Crippen LogP contribution in [-0.2, 0) is 11.3 Å². The number of carbonyl (C=O) groups is 1. The van der Waals surface area contributed by atoms with Gasteiger partial charge in [-0.15, -0.1) is 0 Å². The number of nitrogens with one attached hydrogen (secondary N) is 1. The minimum Gasteiger partial charge on any atom is -0.486 e. The highest BCUT2D eigenvalue weighted by molar-refractivity contribution is 5.79. The van der Waals surface area contributed by atoms with E-state index in [4.69, 9.17) is 9.47 Å². The molecule has 0 bridgehead atoms. The van der Waals surface area contributed by atoms with Gasteiger partial charge in [0.25, 0.3) is 0 Å². The molecule has 112 valence electrons. The SMILES string of the molecule is O=C1CCC2(CCN(Cc3ccc4c(c3)OCCO4)C2)N1. The number of hydrogen-bond donors (Lipinski definition) is 1. The molecule has 5 heteroatoms. The van der Waals surface area contributed by atoms with Crippen LogP contribution in [0.4, 0.5) is 0 Å². The summed E-state index contributed by atoms with van der Waals surface area (Å²) in [5, 5.41) is 3.17. The molecule has 0 aromatic heterocycles. The normalized spacial score (nSPS) is 28.1. The van der Waals surface area contributed by atoms with E-state index in [0.29, 0.717) is 19.6 Å². The van der Waals surface area contributed by atoms with Crippen molar-refractivity contribution in [1.82, 2.24) is 10.2 Å². The van der Waals surface area contributed by atoms with Gasteiger partial charge in [0.1, 0.15) is 13.2 Å². The standard InChI is InChI=1S/C16H20N2O3/c19-15-3-4-16(17-15)5-6-18(11-16)10-12-1-2-13-14(9-12)21-8-7-20-13/h1-2,9H,3-8,10-11H2,(H,17,19). The van der Waals surface area contributed by atoms with Crippen LogP contribution in [0.1, 0.15) is 24.8 Å². The molecule has 1 N–H and O–H groups in total. The van der Waals surface area contributed by atoms with Gasteiger partial charge in [-0.25, -0.2) is 0 Å². The summed E-state index contributed by atoms with van der Waals surface area (Å²) in [5.74, 6) is 1.89. The molecule has 2 fully saturated rings. The molecule has 2 saturated heterocycles. The Morgan fingerprint density at radius 1 is 1.19 bits per heavy atom. The van der Waals surface area contributed by atoms with Crippen molar-refractivity contribution in [2.45, 2.75) is 31.3 Å². The Hall–Kier alpha value is -1.75. The maximum absolute atomic E-state index is 11.5. The van der Waals surface area contributed by atoms with Crippen molar-refractivity contribution in [2.75, 3.05) is 26.3 Å². The summed E-state index contributed by atoms with van der Waals surface area (Å²) >= 11 is 0. The third-order valence-corrected chi connectivity index (χ3v) is 4.68. The van der Waals surface area contributed by atoms with Crippen LogP contribution in [0.3, 0.4) is 0 Å². The Balaban J connectivity index is 1.44. The van der Waals surface area contributed by atoms with Crippen LogP contribution < -0.4 is 14.8 Å². The summed E-state index contributed by atoms with van der Waals surface area (Å²) in [4.78, 5) is 13.9. The quantitative estimate of drug-likeness (QED) is 0.891. The van der Waals surface area contributed by atoms with Crippen LogP contribution in [-0.4, -0.2) is 42.6 Å². The molecule has 1 atom stereocenters. The van der Waals surface area contributed by atoms with Crippen LogP contribution in [0.25, 0.3) is 0 Å². The number of amides is 1. The fourth-order valence-electron chi connectivity index (χ4n) is 3.62. The molecule has 1 amide bonds. The zero-order valence-electron chi connectivity index (χ0n) is 12.1. The third kappa shape index (κ3) is 2.46. The average molecular weight is 288 g/mol. The van der Waals surface area contributed by atoms with Crippen molar-refractivity contribution in [2.24, 2.45) is 0 Å². The first-order chi connectivity index (χ1) is 10.2. The van der Waals surface area contributed by atoms with Crippen LogP contribution >= 0.6 is 0 Å². The highest BCUT2D eigenvalue weighted by Crippen LogP contribution is 2.34. The first-order valence-corrected chi connectivity index (χ1v) is 7.64. The van der Waals surface area contributed by atoms with Crippen LogP contribution in [0.2, 0.25) is 0 Å². The van der Waals surface area contributed by atoms with Crippen molar-refractivity contribution in [3.63, 3.8) is 0 Å². The fraction of sp³-hybridized carbons (Fsp3) is 0.562.